The zero-order valence-corrected chi connectivity index (χ0v) is 28.9. The van der Waals surface area contributed by atoms with Crippen molar-refractivity contribution in [3.05, 3.63) is 11.6 Å². The number of aliphatic hydroxyl groups excluding tert-OH is 3. The Morgan fingerprint density at radius 2 is 1.67 bits per heavy atom. The third-order valence-corrected chi connectivity index (χ3v) is 15.2. The molecule has 5 fully saturated rings. The normalized spacial score (nSPS) is 52.4. The van der Waals surface area contributed by atoms with E-state index in [-0.39, 0.29) is 75.7 Å². The molecule has 0 aromatic rings. The molecule has 45 heavy (non-hydrogen) atoms. The first kappa shape index (κ1) is 33.6. The zero-order chi connectivity index (χ0) is 33.0. The van der Waals surface area contributed by atoms with Crippen LogP contribution in [0.1, 0.15) is 113 Å². The lowest BCUT2D eigenvalue weighted by Crippen LogP contribution is -2.67. The molecule has 3 N–H and O–H groups in total. The summed E-state index contributed by atoms with van der Waals surface area (Å²) >= 11 is 0. The fourth-order valence-electron chi connectivity index (χ4n) is 12.2. The van der Waals surface area contributed by atoms with Gasteiger partial charge in [-0.1, -0.05) is 47.1 Å². The fourth-order valence-corrected chi connectivity index (χ4v) is 12.2. The van der Waals surface area contributed by atoms with E-state index in [1.54, 1.807) is 0 Å². The Bertz CT molecular complexity index is 1240. The maximum absolute atomic E-state index is 14.7. The average Bonchev–Trinajstić information content (AvgIpc) is 2.97. The highest BCUT2D eigenvalue weighted by Gasteiger charge is 2.70. The smallest absolute Gasteiger partial charge is 0.311 e. The Morgan fingerprint density at radius 3 is 2.33 bits per heavy atom. The van der Waals surface area contributed by atoms with Gasteiger partial charge in [-0.2, -0.15) is 0 Å². The van der Waals surface area contributed by atoms with Gasteiger partial charge in [-0.3, -0.25) is 9.59 Å². The van der Waals surface area contributed by atoms with Gasteiger partial charge in [0, 0.05) is 12.3 Å². The second-order valence-electron chi connectivity index (χ2n) is 17.8. The van der Waals surface area contributed by atoms with Crippen molar-refractivity contribution in [2.75, 3.05) is 13.7 Å². The predicted molar refractivity (Wildman–Crippen MR) is 169 cm³/mol. The van der Waals surface area contributed by atoms with E-state index in [4.69, 9.17) is 14.2 Å². The van der Waals surface area contributed by atoms with Gasteiger partial charge in [0.2, 0.25) is 0 Å². The molecule has 1 heterocycles. The quantitative estimate of drug-likeness (QED) is 0.281. The molecule has 1 saturated heterocycles. The van der Waals surface area contributed by atoms with Crippen molar-refractivity contribution in [1.29, 1.82) is 0 Å². The summed E-state index contributed by atoms with van der Waals surface area (Å²) in [6.45, 7) is 15.8. The molecule has 5 aliphatic carbocycles. The van der Waals surface area contributed by atoms with Crippen LogP contribution in [-0.2, 0) is 23.8 Å². The van der Waals surface area contributed by atoms with Crippen LogP contribution in [0.3, 0.4) is 0 Å². The lowest BCUT2D eigenvalue weighted by atomic mass is 9.33. The van der Waals surface area contributed by atoms with Gasteiger partial charge < -0.3 is 29.5 Å². The molecule has 0 aromatic heterocycles. The number of ether oxygens (including phenoxy) is 3. The molecule has 0 unspecified atom stereocenters. The van der Waals surface area contributed by atoms with Crippen molar-refractivity contribution in [1.82, 2.24) is 0 Å². The molecular formula is C37H58O8. The van der Waals surface area contributed by atoms with E-state index in [0.717, 1.165) is 57.8 Å². The summed E-state index contributed by atoms with van der Waals surface area (Å²) in [4.78, 5) is 27.6. The lowest BCUT2D eigenvalue weighted by molar-refractivity contribution is -0.296. The molecule has 1 aliphatic heterocycles. The molecule has 0 radical (unpaired) electrons. The van der Waals surface area contributed by atoms with E-state index in [0.29, 0.717) is 0 Å². The number of rotatable bonds is 4. The van der Waals surface area contributed by atoms with Crippen molar-refractivity contribution in [3.8, 4) is 0 Å². The summed E-state index contributed by atoms with van der Waals surface area (Å²) in [5.41, 5.74) is 0.0750. The maximum atomic E-state index is 14.7. The Kier molecular flexibility index (Phi) is 8.09. The monoisotopic (exact) mass is 630 g/mol. The van der Waals surface area contributed by atoms with E-state index in [1.165, 1.54) is 12.7 Å². The number of ketones is 1. The first-order valence-corrected chi connectivity index (χ1v) is 17.5. The third-order valence-electron chi connectivity index (χ3n) is 15.2. The van der Waals surface area contributed by atoms with Gasteiger partial charge in [0.25, 0.3) is 0 Å². The summed E-state index contributed by atoms with van der Waals surface area (Å²) < 4.78 is 17.7. The van der Waals surface area contributed by atoms with Gasteiger partial charge in [0.05, 0.1) is 31.3 Å². The lowest BCUT2D eigenvalue weighted by Gasteiger charge is -2.70. The van der Waals surface area contributed by atoms with Crippen LogP contribution in [0.15, 0.2) is 11.6 Å². The zero-order valence-electron chi connectivity index (χ0n) is 28.9. The van der Waals surface area contributed by atoms with Crippen molar-refractivity contribution in [2.24, 2.45) is 50.2 Å². The molecule has 13 atom stereocenters. The Hall–Kier alpha value is -1.32. The number of carbonyl (C=O) groups excluding carboxylic acids is 2. The van der Waals surface area contributed by atoms with Crippen LogP contribution in [0.2, 0.25) is 0 Å². The van der Waals surface area contributed by atoms with Crippen LogP contribution in [0.25, 0.3) is 0 Å². The molecule has 6 rings (SSSR count). The summed E-state index contributed by atoms with van der Waals surface area (Å²) in [5, 5.41) is 30.3. The number of carbonyl (C=O) groups is 2. The molecule has 0 aromatic carbocycles. The number of methoxy groups -OCH3 is 1. The molecule has 0 amide bonds. The van der Waals surface area contributed by atoms with E-state index in [1.807, 2.05) is 0 Å². The highest BCUT2D eigenvalue weighted by atomic mass is 16.7. The number of hydrogen-bond acceptors (Lipinski definition) is 8. The van der Waals surface area contributed by atoms with Crippen molar-refractivity contribution < 1.29 is 39.1 Å². The minimum absolute atomic E-state index is 0.0840. The minimum Gasteiger partial charge on any atom is -0.469 e. The van der Waals surface area contributed by atoms with Gasteiger partial charge in [0.15, 0.2) is 12.1 Å². The number of hydrogen-bond donors (Lipinski definition) is 3. The molecule has 254 valence electrons. The Balaban J connectivity index is 1.30. The van der Waals surface area contributed by atoms with Crippen LogP contribution in [-0.4, -0.2) is 71.5 Å². The second-order valence-corrected chi connectivity index (χ2v) is 17.8. The molecule has 8 heteroatoms. The Morgan fingerprint density at radius 1 is 0.978 bits per heavy atom. The van der Waals surface area contributed by atoms with Crippen molar-refractivity contribution in [2.45, 2.75) is 143 Å². The largest absolute Gasteiger partial charge is 0.469 e. The number of esters is 1. The summed E-state index contributed by atoms with van der Waals surface area (Å²) in [7, 11) is 1.49. The van der Waals surface area contributed by atoms with Gasteiger partial charge in [-0.25, -0.2) is 0 Å². The van der Waals surface area contributed by atoms with E-state index in [9.17, 15) is 24.9 Å². The van der Waals surface area contributed by atoms with Crippen LogP contribution < -0.4 is 0 Å². The molecule has 8 nitrogen and oxygen atoms in total. The SMILES string of the molecule is COC(=O)[C@@]1(C)CC[C@]2(C)CC[C@]3(C)C(=CC(=O)[C@@H]4[C@@]5(C)CC[C@H](O[C@H]6C[C@H](O)[C@@H](O)[C@H](CO)O6)C(C)(C)[C@@H]5CC[C@]43C)[C@@H]2C1. The molecule has 6 aliphatic rings. The summed E-state index contributed by atoms with van der Waals surface area (Å²) in [6, 6.07) is 0. The van der Waals surface area contributed by atoms with Crippen LogP contribution in [0.4, 0.5) is 0 Å². The molecule has 4 saturated carbocycles. The number of aliphatic hydroxyl groups is 3. The number of allylic oxidation sites excluding steroid dienone is 2. The predicted octanol–water partition coefficient (Wildman–Crippen LogP) is 5.35. The van der Waals surface area contributed by atoms with Crippen LogP contribution in [0.5, 0.6) is 0 Å². The van der Waals surface area contributed by atoms with Gasteiger partial charge in [-0.15, -0.1) is 0 Å². The van der Waals surface area contributed by atoms with E-state index in [2.05, 4.69) is 54.5 Å². The van der Waals surface area contributed by atoms with Crippen molar-refractivity contribution in [3.63, 3.8) is 0 Å². The van der Waals surface area contributed by atoms with E-state index < -0.39 is 30.0 Å². The van der Waals surface area contributed by atoms with Crippen molar-refractivity contribution >= 4 is 11.8 Å². The summed E-state index contributed by atoms with van der Waals surface area (Å²) in [6.07, 6.45) is 6.66. The Labute approximate surface area is 269 Å². The first-order chi connectivity index (χ1) is 20.9. The van der Waals surface area contributed by atoms with Crippen LogP contribution in [0, 0.1) is 50.2 Å². The minimum atomic E-state index is -1.13. The summed E-state index contributed by atoms with van der Waals surface area (Å²) in [5.74, 6) is 0.478. The molecule has 0 spiro atoms. The first-order valence-electron chi connectivity index (χ1n) is 17.5. The highest BCUT2D eigenvalue weighted by Crippen LogP contribution is 2.75. The number of fused-ring (bicyclic) bond motifs is 7. The van der Waals surface area contributed by atoms with Gasteiger partial charge >= 0.3 is 5.97 Å². The second kappa shape index (κ2) is 10.8. The van der Waals surface area contributed by atoms with Gasteiger partial charge in [-0.05, 0) is 110 Å². The van der Waals surface area contributed by atoms with E-state index >= 15 is 0 Å². The standard InChI is InChI=1S/C37H58O8/c1-32(2)26-9-12-37(7)30(35(26,5)11-10-27(32)45-28-18-23(39)29(41)25(20-38)44-28)24(40)17-21-22-19-34(4,31(42)43-8)14-13-33(22,3)15-16-36(21,37)6/h17,22-23,25-30,38-39,41H,9-16,18-20H2,1-8H3/t22-,23-,25-,26-,27-,28-,29+,30+,33+,34-,35-,36+,37+/m0/s1. The van der Waals surface area contributed by atoms with Gasteiger partial charge in [0.1, 0.15) is 12.2 Å². The average molecular weight is 631 g/mol. The third kappa shape index (κ3) is 4.69. The maximum Gasteiger partial charge on any atom is 0.311 e. The topological polar surface area (TPSA) is 123 Å². The highest BCUT2D eigenvalue weighted by molar-refractivity contribution is 5.95. The molecule has 0 bridgehead atoms. The molecular weight excluding hydrogens is 572 g/mol. The fraction of sp³-hybridized carbons (Fsp3) is 0.892. The van der Waals surface area contributed by atoms with Crippen LogP contribution >= 0.6 is 0 Å².